The van der Waals surface area contributed by atoms with Crippen molar-refractivity contribution < 1.29 is 39.6 Å². The predicted molar refractivity (Wildman–Crippen MR) is 85.7 cm³/mol. The van der Waals surface area contributed by atoms with Crippen molar-refractivity contribution in [3.63, 3.8) is 0 Å². The molecule has 1 atom stereocenters. The highest BCUT2D eigenvalue weighted by Crippen LogP contribution is 2.15. The quantitative estimate of drug-likeness (QED) is 0.322. The molecule has 1 unspecified atom stereocenters. The van der Waals surface area contributed by atoms with Crippen LogP contribution >= 0.6 is 0 Å². The molecule has 138 valence electrons. The summed E-state index contributed by atoms with van der Waals surface area (Å²) in [6.45, 7) is 3.64. The van der Waals surface area contributed by atoms with Gasteiger partial charge in [0.05, 0.1) is 33.4 Å². The smallest absolute Gasteiger partial charge is 0.317 e. The van der Waals surface area contributed by atoms with Crippen LogP contribution in [0, 0.1) is 0 Å². The molecule has 24 heavy (non-hydrogen) atoms. The lowest BCUT2D eigenvalue weighted by Gasteiger charge is -2.36. The number of rotatable bonds is 12. The molecule has 0 spiro atoms. The van der Waals surface area contributed by atoms with E-state index >= 15 is 0 Å². The van der Waals surface area contributed by atoms with Crippen LogP contribution in [0.1, 0.15) is 0 Å². The molecule has 0 fully saturated rings. The monoisotopic (exact) mass is 364 g/mol. The molecular formula is C13H24N2O8Si. The summed E-state index contributed by atoms with van der Waals surface area (Å²) in [6, 6.07) is 0. The highest BCUT2D eigenvalue weighted by molar-refractivity contribution is 6.80. The highest BCUT2D eigenvalue weighted by Gasteiger charge is 2.38. The van der Waals surface area contributed by atoms with Gasteiger partial charge in [-0.3, -0.25) is 29.0 Å². The van der Waals surface area contributed by atoms with Crippen LogP contribution in [0.25, 0.3) is 0 Å². The second kappa shape index (κ2) is 9.35. The molecule has 0 aromatic carbocycles. The fourth-order valence-electron chi connectivity index (χ4n) is 2.41. The maximum Gasteiger partial charge on any atom is 0.317 e. The van der Waals surface area contributed by atoms with Crippen molar-refractivity contribution in [2.24, 2.45) is 0 Å². The normalized spacial score (nSPS) is 13.0. The zero-order valence-electron chi connectivity index (χ0n) is 13.9. The zero-order chi connectivity index (χ0) is 19.1. The van der Waals surface area contributed by atoms with Crippen LogP contribution in [-0.4, -0.2) is 101 Å². The average Bonchev–Trinajstić information content (AvgIpc) is 2.31. The van der Waals surface area contributed by atoms with Crippen molar-refractivity contribution in [3.05, 3.63) is 0 Å². The molecule has 0 rings (SSSR count). The molecule has 0 aromatic heterocycles. The molecule has 0 bridgehead atoms. The maximum atomic E-state index is 11.6. The van der Waals surface area contributed by atoms with Crippen LogP contribution in [0.4, 0.5) is 0 Å². The Labute approximate surface area is 140 Å². The van der Waals surface area contributed by atoms with Gasteiger partial charge in [-0.25, -0.2) is 0 Å². The topological polar surface area (TPSA) is 156 Å². The third-order valence-electron chi connectivity index (χ3n) is 3.18. The second-order valence-corrected chi connectivity index (χ2v) is 11.7. The van der Waals surface area contributed by atoms with Gasteiger partial charge in [-0.1, -0.05) is 19.6 Å². The Hall–Kier alpha value is -1.98. The predicted octanol–water partition coefficient (Wildman–Crippen LogP) is -0.825. The number of nitrogens with zero attached hydrogens (tertiary/aromatic N) is 2. The first-order chi connectivity index (χ1) is 10.8. The molecule has 10 nitrogen and oxygen atoms in total. The molecule has 11 heteroatoms. The summed E-state index contributed by atoms with van der Waals surface area (Å²) >= 11 is 0. The summed E-state index contributed by atoms with van der Waals surface area (Å²) in [6.07, 6.45) is 0. The Bertz CT molecular complexity index is 475. The summed E-state index contributed by atoms with van der Waals surface area (Å²) in [4.78, 5) is 46.6. The summed E-state index contributed by atoms with van der Waals surface area (Å²) in [5.74, 6) is -4.79. The van der Waals surface area contributed by atoms with Gasteiger partial charge in [0.1, 0.15) is 0 Å². The lowest BCUT2D eigenvalue weighted by molar-refractivity contribution is -0.146. The van der Waals surface area contributed by atoms with Gasteiger partial charge in [0.25, 0.3) is 0 Å². The zero-order valence-corrected chi connectivity index (χ0v) is 14.9. The second-order valence-electron chi connectivity index (χ2n) is 6.47. The molecule has 0 saturated carbocycles. The van der Waals surface area contributed by atoms with Crippen LogP contribution in [0.5, 0.6) is 0 Å². The summed E-state index contributed by atoms with van der Waals surface area (Å²) in [5.41, 5.74) is -0.981. The van der Waals surface area contributed by atoms with Crippen molar-refractivity contribution in [2.45, 2.75) is 25.3 Å². The van der Waals surface area contributed by atoms with Gasteiger partial charge in [0, 0.05) is 13.1 Å². The number of carbonyl (C=O) groups is 4. The summed E-state index contributed by atoms with van der Waals surface area (Å²) in [7, 11) is -2.30. The van der Waals surface area contributed by atoms with E-state index in [2.05, 4.69) is 0 Å². The van der Waals surface area contributed by atoms with E-state index in [0.29, 0.717) is 0 Å². The first-order valence-electron chi connectivity index (χ1n) is 7.19. The molecule has 0 radical (unpaired) electrons. The number of hydrogen-bond acceptors (Lipinski definition) is 6. The number of aliphatic carboxylic acids is 4. The molecule has 0 aliphatic carbocycles. The largest absolute Gasteiger partial charge is 0.480 e. The van der Waals surface area contributed by atoms with Gasteiger partial charge >= 0.3 is 23.9 Å². The number of hydrogen-bond donors (Lipinski definition) is 4. The van der Waals surface area contributed by atoms with Gasteiger partial charge in [-0.15, -0.1) is 0 Å². The maximum absolute atomic E-state index is 11.6. The first kappa shape index (κ1) is 22.0. The fraction of sp³-hybridized carbons (Fsp3) is 0.692. The van der Waals surface area contributed by atoms with Crippen molar-refractivity contribution in [3.8, 4) is 0 Å². The number of carboxylic acids is 4. The highest BCUT2D eigenvalue weighted by atomic mass is 28.3. The molecule has 0 heterocycles. The van der Waals surface area contributed by atoms with Gasteiger partial charge in [0.15, 0.2) is 0 Å². The average molecular weight is 364 g/mol. The molecular weight excluding hydrogens is 340 g/mol. The Morgan fingerprint density at radius 3 is 1.50 bits per heavy atom. The molecule has 4 N–H and O–H groups in total. The number of carboxylic acid groups (broad SMARTS) is 4. The van der Waals surface area contributed by atoms with Crippen molar-refractivity contribution in [1.29, 1.82) is 0 Å². The van der Waals surface area contributed by atoms with E-state index in [1.807, 2.05) is 0 Å². The van der Waals surface area contributed by atoms with E-state index < -0.39 is 57.3 Å². The van der Waals surface area contributed by atoms with E-state index in [1.165, 1.54) is 4.90 Å². The van der Waals surface area contributed by atoms with Crippen LogP contribution in [-0.2, 0) is 19.2 Å². The van der Waals surface area contributed by atoms with Crippen LogP contribution in [0.2, 0.25) is 19.6 Å². The SMILES string of the molecule is C[Si](C)(C)C(C(=O)O)N(CCN(CC(=O)O)CC(=O)O)CC(=O)O. The van der Waals surface area contributed by atoms with E-state index in [4.69, 9.17) is 15.3 Å². The summed E-state index contributed by atoms with van der Waals surface area (Å²) < 4.78 is 0. The van der Waals surface area contributed by atoms with Gasteiger partial charge in [0.2, 0.25) is 0 Å². The molecule has 0 aliphatic heterocycles. The van der Waals surface area contributed by atoms with E-state index in [0.717, 1.165) is 4.90 Å². The van der Waals surface area contributed by atoms with E-state index in [9.17, 15) is 24.3 Å². The van der Waals surface area contributed by atoms with Crippen molar-refractivity contribution in [1.82, 2.24) is 9.80 Å². The standard InChI is InChI=1S/C13H24N2O8Si/c1-24(2,3)12(13(22)23)15(8-11(20)21)5-4-14(6-9(16)17)7-10(18)19/h12H,4-8H2,1-3H3,(H,16,17)(H,18,19)(H,20,21)(H,22,23). The Morgan fingerprint density at radius 2 is 1.21 bits per heavy atom. The van der Waals surface area contributed by atoms with Gasteiger partial charge < -0.3 is 20.4 Å². The third-order valence-corrected chi connectivity index (χ3v) is 5.43. The first-order valence-corrected chi connectivity index (χ1v) is 10.8. The minimum absolute atomic E-state index is 0.0614. The van der Waals surface area contributed by atoms with E-state index in [1.54, 1.807) is 19.6 Å². The lowest BCUT2D eigenvalue weighted by Crippen LogP contribution is -2.58. The fourth-order valence-corrected chi connectivity index (χ4v) is 4.47. The molecule has 0 saturated heterocycles. The van der Waals surface area contributed by atoms with Crippen molar-refractivity contribution >= 4 is 32.0 Å². The van der Waals surface area contributed by atoms with Crippen molar-refractivity contribution in [2.75, 3.05) is 32.7 Å². The Morgan fingerprint density at radius 1 is 0.792 bits per heavy atom. The van der Waals surface area contributed by atoms with Crippen LogP contribution in [0.3, 0.4) is 0 Å². The Balaban J connectivity index is 5.23. The van der Waals surface area contributed by atoms with Crippen LogP contribution in [0.15, 0.2) is 0 Å². The van der Waals surface area contributed by atoms with Crippen LogP contribution < -0.4 is 0 Å². The minimum Gasteiger partial charge on any atom is -0.480 e. The Kier molecular flexibility index (Phi) is 8.57. The lowest BCUT2D eigenvalue weighted by atomic mass is 10.3. The van der Waals surface area contributed by atoms with Gasteiger partial charge in [-0.2, -0.15) is 0 Å². The van der Waals surface area contributed by atoms with Gasteiger partial charge in [-0.05, 0) is 0 Å². The third kappa shape index (κ3) is 8.60. The van der Waals surface area contributed by atoms with E-state index in [-0.39, 0.29) is 13.1 Å². The summed E-state index contributed by atoms with van der Waals surface area (Å²) in [5, 5.41) is 36.1. The molecule has 0 aromatic rings. The molecule has 0 aliphatic rings. The minimum atomic E-state index is -2.30. The molecule has 0 amide bonds.